The quantitative estimate of drug-likeness (QED) is 0.789. The largest absolute Gasteiger partial charge is 0.486 e. The van der Waals surface area contributed by atoms with E-state index in [1.165, 1.54) is 19.2 Å². The summed E-state index contributed by atoms with van der Waals surface area (Å²) < 4.78 is 50.2. The molecule has 2 heterocycles. The van der Waals surface area contributed by atoms with Gasteiger partial charge in [-0.2, -0.15) is 13.2 Å². The molecule has 1 atom stereocenters. The number of benzene rings is 1. The van der Waals surface area contributed by atoms with E-state index < -0.39 is 11.7 Å². The van der Waals surface area contributed by atoms with Crippen LogP contribution in [0.2, 0.25) is 0 Å². The summed E-state index contributed by atoms with van der Waals surface area (Å²) in [5, 5.41) is 8.06. The van der Waals surface area contributed by atoms with Gasteiger partial charge in [0.25, 0.3) is 0 Å². The summed E-state index contributed by atoms with van der Waals surface area (Å²) in [7, 11) is 1.33. The summed E-state index contributed by atoms with van der Waals surface area (Å²) in [6.07, 6.45) is -3.23. The molecule has 0 aliphatic carbocycles. The number of ether oxygens (including phenoxy) is 2. The predicted molar refractivity (Wildman–Crippen MR) is 79.6 cm³/mol. The summed E-state index contributed by atoms with van der Waals surface area (Å²) in [5.74, 6) is 0.682. The van der Waals surface area contributed by atoms with Gasteiger partial charge in [0.15, 0.2) is 5.82 Å². The maximum absolute atomic E-state index is 12.7. The van der Waals surface area contributed by atoms with Gasteiger partial charge < -0.3 is 14.0 Å². The molecule has 0 radical (unpaired) electrons. The van der Waals surface area contributed by atoms with Crippen molar-refractivity contribution in [3.63, 3.8) is 0 Å². The van der Waals surface area contributed by atoms with Crippen LogP contribution >= 0.6 is 0 Å². The molecule has 0 bridgehead atoms. The van der Waals surface area contributed by atoms with E-state index in [4.69, 9.17) is 9.47 Å². The van der Waals surface area contributed by atoms with Crippen LogP contribution in [0.5, 0.6) is 5.75 Å². The van der Waals surface area contributed by atoms with E-state index in [0.717, 1.165) is 18.0 Å². The van der Waals surface area contributed by atoms with Gasteiger partial charge in [0.1, 0.15) is 18.2 Å². The van der Waals surface area contributed by atoms with Crippen LogP contribution in [0.1, 0.15) is 23.6 Å². The zero-order valence-corrected chi connectivity index (χ0v) is 13.4. The van der Waals surface area contributed by atoms with Gasteiger partial charge in [0.2, 0.25) is 0 Å². The minimum Gasteiger partial charge on any atom is -0.486 e. The average Bonchev–Trinajstić information content (AvgIpc) is 3.01. The number of carbonyl (C=O) groups is 1. The van der Waals surface area contributed by atoms with Crippen molar-refractivity contribution in [1.82, 2.24) is 14.8 Å². The predicted octanol–water partition coefficient (Wildman–Crippen LogP) is 2.61. The van der Waals surface area contributed by atoms with Crippen molar-refractivity contribution >= 4 is 5.97 Å². The van der Waals surface area contributed by atoms with E-state index in [2.05, 4.69) is 10.2 Å². The third-order valence-electron chi connectivity index (χ3n) is 4.09. The van der Waals surface area contributed by atoms with E-state index in [-0.39, 0.29) is 24.2 Å². The molecule has 0 spiro atoms. The molecule has 0 saturated carbocycles. The SMILES string of the molecule is COC(=O)C1CCc2nnc(COc3cccc(C(F)(F)F)c3)n2C1. The van der Waals surface area contributed by atoms with Crippen molar-refractivity contribution in [3.8, 4) is 5.75 Å². The van der Waals surface area contributed by atoms with Crippen LogP contribution in [0.25, 0.3) is 0 Å². The highest BCUT2D eigenvalue weighted by atomic mass is 19.4. The minimum absolute atomic E-state index is 0.0395. The van der Waals surface area contributed by atoms with Crippen LogP contribution in [0.4, 0.5) is 13.2 Å². The van der Waals surface area contributed by atoms with Crippen molar-refractivity contribution < 1.29 is 27.4 Å². The molecule has 2 aromatic rings. The maximum atomic E-state index is 12.7. The maximum Gasteiger partial charge on any atom is 0.416 e. The summed E-state index contributed by atoms with van der Waals surface area (Å²) in [6.45, 7) is 0.332. The second-order valence-corrected chi connectivity index (χ2v) is 5.72. The Morgan fingerprint density at radius 2 is 2.16 bits per heavy atom. The number of methoxy groups -OCH3 is 1. The average molecular weight is 355 g/mol. The molecule has 0 N–H and O–H groups in total. The zero-order chi connectivity index (χ0) is 18.0. The lowest BCUT2D eigenvalue weighted by Crippen LogP contribution is -2.29. The van der Waals surface area contributed by atoms with Crippen LogP contribution in [0.15, 0.2) is 24.3 Å². The summed E-state index contributed by atoms with van der Waals surface area (Å²) >= 11 is 0. The normalized spacial score (nSPS) is 17.0. The zero-order valence-electron chi connectivity index (χ0n) is 13.4. The highest BCUT2D eigenvalue weighted by Crippen LogP contribution is 2.31. The Bertz CT molecular complexity index is 773. The molecule has 9 heteroatoms. The molecule has 1 unspecified atom stereocenters. The lowest BCUT2D eigenvalue weighted by atomic mass is 9.99. The molecular formula is C16H16F3N3O3. The number of aromatic nitrogens is 3. The third-order valence-corrected chi connectivity index (χ3v) is 4.09. The standard InChI is InChI=1S/C16H16F3N3O3/c1-24-15(23)10-5-6-13-20-21-14(22(13)8-10)9-25-12-4-2-3-11(7-12)16(17,18)19/h2-4,7,10H,5-6,8-9H2,1H3. The summed E-state index contributed by atoms with van der Waals surface area (Å²) in [6, 6.07) is 4.64. The fourth-order valence-corrected chi connectivity index (χ4v) is 2.76. The van der Waals surface area contributed by atoms with Crippen molar-refractivity contribution in [1.29, 1.82) is 0 Å². The Morgan fingerprint density at radius 3 is 2.88 bits per heavy atom. The van der Waals surface area contributed by atoms with Gasteiger partial charge in [-0.3, -0.25) is 4.79 Å². The van der Waals surface area contributed by atoms with Crippen molar-refractivity contribution in [2.45, 2.75) is 32.2 Å². The number of alkyl halides is 3. The third kappa shape index (κ3) is 3.75. The Hall–Kier alpha value is -2.58. The first-order valence-corrected chi connectivity index (χ1v) is 7.67. The van der Waals surface area contributed by atoms with Crippen LogP contribution in [-0.4, -0.2) is 27.8 Å². The molecular weight excluding hydrogens is 339 g/mol. The number of hydrogen-bond acceptors (Lipinski definition) is 5. The second-order valence-electron chi connectivity index (χ2n) is 5.72. The van der Waals surface area contributed by atoms with E-state index in [1.807, 2.05) is 0 Å². The Morgan fingerprint density at radius 1 is 1.36 bits per heavy atom. The molecule has 1 aromatic heterocycles. The first kappa shape index (κ1) is 17.2. The molecule has 1 aliphatic heterocycles. The molecule has 25 heavy (non-hydrogen) atoms. The molecule has 3 rings (SSSR count). The Labute approximate surface area is 141 Å². The minimum atomic E-state index is -4.43. The summed E-state index contributed by atoms with van der Waals surface area (Å²) in [5.41, 5.74) is -0.779. The number of aryl methyl sites for hydroxylation is 1. The lowest BCUT2D eigenvalue weighted by molar-refractivity contribution is -0.146. The Balaban J connectivity index is 1.71. The van der Waals surface area contributed by atoms with E-state index in [0.29, 0.717) is 25.2 Å². The van der Waals surface area contributed by atoms with Gasteiger partial charge >= 0.3 is 12.1 Å². The van der Waals surface area contributed by atoms with Gasteiger partial charge in [0, 0.05) is 13.0 Å². The fraction of sp³-hybridized carbons (Fsp3) is 0.438. The number of hydrogen-bond donors (Lipinski definition) is 0. The molecule has 0 saturated heterocycles. The molecule has 6 nitrogen and oxygen atoms in total. The number of fused-ring (bicyclic) bond motifs is 1. The monoisotopic (exact) mass is 355 g/mol. The van der Waals surface area contributed by atoms with E-state index in [1.54, 1.807) is 4.57 Å². The fourth-order valence-electron chi connectivity index (χ4n) is 2.76. The number of rotatable bonds is 4. The summed E-state index contributed by atoms with van der Waals surface area (Å²) in [4.78, 5) is 11.7. The van der Waals surface area contributed by atoms with Gasteiger partial charge in [-0.25, -0.2) is 0 Å². The molecule has 1 aliphatic rings. The van der Waals surface area contributed by atoms with Crippen LogP contribution < -0.4 is 4.74 Å². The number of nitrogens with zero attached hydrogens (tertiary/aromatic N) is 3. The molecule has 0 amide bonds. The van der Waals surface area contributed by atoms with Gasteiger partial charge in [-0.05, 0) is 24.6 Å². The van der Waals surface area contributed by atoms with E-state index >= 15 is 0 Å². The highest BCUT2D eigenvalue weighted by Gasteiger charge is 2.31. The van der Waals surface area contributed by atoms with Crippen LogP contribution in [-0.2, 0) is 35.3 Å². The lowest BCUT2D eigenvalue weighted by Gasteiger charge is -2.22. The highest BCUT2D eigenvalue weighted by molar-refractivity contribution is 5.72. The number of halogens is 3. The first-order chi connectivity index (χ1) is 11.9. The van der Waals surface area contributed by atoms with Crippen LogP contribution in [0.3, 0.4) is 0 Å². The smallest absolute Gasteiger partial charge is 0.416 e. The van der Waals surface area contributed by atoms with E-state index in [9.17, 15) is 18.0 Å². The van der Waals surface area contributed by atoms with Gasteiger partial charge in [-0.15, -0.1) is 10.2 Å². The molecule has 134 valence electrons. The topological polar surface area (TPSA) is 66.2 Å². The first-order valence-electron chi connectivity index (χ1n) is 7.67. The second kappa shape index (κ2) is 6.73. The van der Waals surface area contributed by atoms with Crippen molar-refractivity contribution in [2.75, 3.05) is 7.11 Å². The van der Waals surface area contributed by atoms with Gasteiger partial charge in [-0.1, -0.05) is 6.07 Å². The number of carbonyl (C=O) groups excluding carboxylic acids is 1. The number of esters is 1. The molecule has 1 aromatic carbocycles. The van der Waals surface area contributed by atoms with Crippen molar-refractivity contribution in [2.24, 2.45) is 5.92 Å². The van der Waals surface area contributed by atoms with Gasteiger partial charge in [0.05, 0.1) is 18.6 Å². The molecule has 0 fully saturated rings. The Kier molecular flexibility index (Phi) is 4.65. The van der Waals surface area contributed by atoms with Crippen LogP contribution in [0, 0.1) is 5.92 Å². The van der Waals surface area contributed by atoms with Crippen molar-refractivity contribution in [3.05, 3.63) is 41.5 Å².